The number of Topliss-reactive ketones (excluding diaryl/α,β-unsaturated/α-hetero) is 1. The van der Waals surface area contributed by atoms with Gasteiger partial charge in [0.1, 0.15) is 5.78 Å². The third kappa shape index (κ3) is 1.74. The van der Waals surface area contributed by atoms with E-state index in [0.29, 0.717) is 43.6 Å². The molecule has 2 fully saturated rings. The first-order valence-corrected chi connectivity index (χ1v) is 5.16. The first kappa shape index (κ1) is 9.49. The number of fused-ring (bicyclic) bond motifs is 1. The number of hydrogen-bond donors (Lipinski definition) is 1. The van der Waals surface area contributed by atoms with E-state index in [2.05, 4.69) is 0 Å². The summed E-state index contributed by atoms with van der Waals surface area (Å²) >= 11 is 0. The molecule has 0 spiro atoms. The van der Waals surface area contributed by atoms with E-state index < -0.39 is 6.09 Å². The van der Waals surface area contributed by atoms with Gasteiger partial charge in [0.05, 0.1) is 0 Å². The zero-order chi connectivity index (χ0) is 10.1. The maximum absolute atomic E-state index is 11.2. The molecule has 0 aromatic carbocycles. The summed E-state index contributed by atoms with van der Waals surface area (Å²) in [5, 5.41) is 8.84. The molecular formula is C10H15NO3. The third-order valence-corrected chi connectivity index (χ3v) is 3.45. The molecule has 2 rings (SSSR count). The van der Waals surface area contributed by atoms with E-state index in [1.807, 2.05) is 0 Å². The van der Waals surface area contributed by atoms with Gasteiger partial charge in [-0.25, -0.2) is 4.79 Å². The van der Waals surface area contributed by atoms with Crippen molar-refractivity contribution in [2.75, 3.05) is 13.1 Å². The highest BCUT2D eigenvalue weighted by Crippen LogP contribution is 2.34. The lowest BCUT2D eigenvalue weighted by molar-refractivity contribution is -0.123. The zero-order valence-electron chi connectivity index (χ0n) is 8.11. The Bertz CT molecular complexity index is 262. The predicted molar refractivity (Wildman–Crippen MR) is 50.1 cm³/mol. The molecular weight excluding hydrogens is 182 g/mol. The van der Waals surface area contributed by atoms with Crippen LogP contribution < -0.4 is 0 Å². The average molecular weight is 197 g/mol. The van der Waals surface area contributed by atoms with Crippen LogP contribution in [0.3, 0.4) is 0 Å². The number of piperidine rings is 1. The van der Waals surface area contributed by atoms with E-state index in [0.717, 1.165) is 12.8 Å². The first-order chi connectivity index (χ1) is 6.66. The molecule has 1 saturated carbocycles. The second kappa shape index (κ2) is 3.59. The summed E-state index contributed by atoms with van der Waals surface area (Å²) in [6, 6.07) is 0. The van der Waals surface area contributed by atoms with Gasteiger partial charge in [0, 0.05) is 25.9 Å². The maximum Gasteiger partial charge on any atom is 0.407 e. The Morgan fingerprint density at radius 2 is 2.14 bits per heavy atom. The van der Waals surface area contributed by atoms with Crippen molar-refractivity contribution in [3.05, 3.63) is 0 Å². The normalized spacial score (nSPS) is 32.6. The minimum atomic E-state index is -0.846. The van der Waals surface area contributed by atoms with Crippen molar-refractivity contribution in [1.82, 2.24) is 4.90 Å². The summed E-state index contributed by atoms with van der Waals surface area (Å²) in [4.78, 5) is 23.4. The summed E-state index contributed by atoms with van der Waals surface area (Å²) in [5.74, 6) is 1.18. The summed E-state index contributed by atoms with van der Waals surface area (Å²) < 4.78 is 0. The minimum Gasteiger partial charge on any atom is -0.465 e. The molecule has 2 atom stereocenters. The number of ketones is 1. The molecule has 14 heavy (non-hydrogen) atoms. The fraction of sp³-hybridized carbons (Fsp3) is 0.800. The van der Waals surface area contributed by atoms with Gasteiger partial charge in [0.2, 0.25) is 0 Å². The minimum absolute atomic E-state index is 0.293. The van der Waals surface area contributed by atoms with Crippen molar-refractivity contribution >= 4 is 11.9 Å². The molecule has 1 aliphatic carbocycles. The van der Waals surface area contributed by atoms with Crippen molar-refractivity contribution in [2.24, 2.45) is 11.8 Å². The van der Waals surface area contributed by atoms with E-state index >= 15 is 0 Å². The van der Waals surface area contributed by atoms with Gasteiger partial charge in [-0.15, -0.1) is 0 Å². The van der Waals surface area contributed by atoms with Crippen LogP contribution in [0, 0.1) is 11.8 Å². The van der Waals surface area contributed by atoms with Crippen molar-refractivity contribution < 1.29 is 14.7 Å². The molecule has 1 N–H and O–H groups in total. The summed E-state index contributed by atoms with van der Waals surface area (Å²) in [5.41, 5.74) is 0. The molecule has 1 aliphatic heterocycles. The first-order valence-electron chi connectivity index (χ1n) is 5.16. The quantitative estimate of drug-likeness (QED) is 0.637. The lowest BCUT2D eigenvalue weighted by Gasteiger charge is -2.39. The molecule has 2 aliphatic rings. The number of carbonyl (C=O) groups is 2. The number of likely N-dealkylation sites (tertiary alicyclic amines) is 1. The third-order valence-electron chi connectivity index (χ3n) is 3.45. The maximum atomic E-state index is 11.2. The van der Waals surface area contributed by atoms with E-state index in [1.165, 1.54) is 4.90 Å². The smallest absolute Gasteiger partial charge is 0.407 e. The second-order valence-electron chi connectivity index (χ2n) is 4.32. The van der Waals surface area contributed by atoms with Gasteiger partial charge in [0.15, 0.2) is 0 Å². The highest BCUT2D eigenvalue weighted by atomic mass is 16.4. The van der Waals surface area contributed by atoms with Crippen molar-refractivity contribution in [3.63, 3.8) is 0 Å². The molecule has 78 valence electrons. The van der Waals surface area contributed by atoms with Gasteiger partial charge >= 0.3 is 6.09 Å². The van der Waals surface area contributed by atoms with Crippen LogP contribution in [0.2, 0.25) is 0 Å². The lowest BCUT2D eigenvalue weighted by atomic mass is 9.75. The van der Waals surface area contributed by atoms with E-state index in [-0.39, 0.29) is 0 Å². The Labute approximate surface area is 82.9 Å². The molecule has 1 saturated heterocycles. The van der Waals surface area contributed by atoms with Gasteiger partial charge in [-0.2, -0.15) is 0 Å². The van der Waals surface area contributed by atoms with Crippen molar-refractivity contribution in [2.45, 2.75) is 25.7 Å². The van der Waals surface area contributed by atoms with E-state index in [1.54, 1.807) is 0 Å². The number of rotatable bonds is 0. The lowest BCUT2D eigenvalue weighted by Crippen LogP contribution is -2.45. The highest BCUT2D eigenvalue weighted by Gasteiger charge is 2.35. The topological polar surface area (TPSA) is 57.6 Å². The Kier molecular flexibility index (Phi) is 2.44. The van der Waals surface area contributed by atoms with Crippen LogP contribution in [0.4, 0.5) is 4.79 Å². The Balaban J connectivity index is 1.99. The molecule has 0 aromatic heterocycles. The largest absolute Gasteiger partial charge is 0.465 e. The Morgan fingerprint density at radius 3 is 2.86 bits per heavy atom. The zero-order valence-corrected chi connectivity index (χ0v) is 8.11. The van der Waals surface area contributed by atoms with Crippen LogP contribution in [0.15, 0.2) is 0 Å². The van der Waals surface area contributed by atoms with Crippen molar-refractivity contribution in [1.29, 1.82) is 0 Å². The van der Waals surface area contributed by atoms with Crippen LogP contribution >= 0.6 is 0 Å². The summed E-state index contributed by atoms with van der Waals surface area (Å²) in [7, 11) is 0. The van der Waals surface area contributed by atoms with E-state index in [4.69, 9.17) is 5.11 Å². The van der Waals surface area contributed by atoms with Gasteiger partial charge in [0.25, 0.3) is 0 Å². The second-order valence-corrected chi connectivity index (χ2v) is 4.32. The highest BCUT2D eigenvalue weighted by molar-refractivity contribution is 5.79. The molecule has 0 bridgehead atoms. The van der Waals surface area contributed by atoms with E-state index in [9.17, 15) is 9.59 Å². The van der Waals surface area contributed by atoms with Crippen LogP contribution in [0.5, 0.6) is 0 Å². The van der Waals surface area contributed by atoms with Gasteiger partial charge in [-0.1, -0.05) is 0 Å². The van der Waals surface area contributed by atoms with Crippen LogP contribution in [-0.4, -0.2) is 35.0 Å². The van der Waals surface area contributed by atoms with Gasteiger partial charge in [-0.05, 0) is 24.7 Å². The Hall–Kier alpha value is -1.06. The Morgan fingerprint density at radius 1 is 1.36 bits per heavy atom. The molecule has 0 aromatic rings. The monoisotopic (exact) mass is 197 g/mol. The van der Waals surface area contributed by atoms with Crippen LogP contribution in [-0.2, 0) is 4.79 Å². The standard InChI is InChI=1S/C10H15NO3/c12-9-2-1-7-3-4-11(10(13)14)6-8(7)5-9/h7-8H,1-6H2,(H,13,14)/t7-,8-/m1/s1. The van der Waals surface area contributed by atoms with Crippen LogP contribution in [0.1, 0.15) is 25.7 Å². The van der Waals surface area contributed by atoms with Gasteiger partial charge < -0.3 is 10.0 Å². The van der Waals surface area contributed by atoms with Crippen molar-refractivity contribution in [3.8, 4) is 0 Å². The number of carboxylic acid groups (broad SMARTS) is 1. The van der Waals surface area contributed by atoms with Gasteiger partial charge in [-0.3, -0.25) is 4.79 Å². The molecule has 0 radical (unpaired) electrons. The SMILES string of the molecule is O=C1CC[C@@H]2CCN(C(=O)O)C[C@H]2C1. The number of amides is 1. The number of nitrogens with zero attached hydrogens (tertiary/aromatic N) is 1. The molecule has 0 unspecified atom stereocenters. The number of hydrogen-bond acceptors (Lipinski definition) is 2. The van der Waals surface area contributed by atoms with Crippen LogP contribution in [0.25, 0.3) is 0 Å². The average Bonchev–Trinajstić information content (AvgIpc) is 2.16. The molecule has 4 nitrogen and oxygen atoms in total. The molecule has 1 heterocycles. The predicted octanol–water partition coefficient (Wildman–Crippen LogP) is 1.36. The number of carbonyl (C=O) groups excluding carboxylic acids is 1. The molecule has 4 heteroatoms. The fourth-order valence-corrected chi connectivity index (χ4v) is 2.61. The fourth-order valence-electron chi connectivity index (χ4n) is 2.61. The summed E-state index contributed by atoms with van der Waals surface area (Å²) in [6.45, 7) is 1.20. The molecule has 1 amide bonds. The summed E-state index contributed by atoms with van der Waals surface area (Å²) in [6.07, 6.45) is 2.35.